The van der Waals surface area contributed by atoms with Gasteiger partial charge in [0.25, 0.3) is 11.5 Å². The Morgan fingerprint density at radius 2 is 1.73 bits per heavy atom. The summed E-state index contributed by atoms with van der Waals surface area (Å²) in [5, 5.41) is 14.4. The van der Waals surface area contributed by atoms with Crippen molar-refractivity contribution in [2.75, 3.05) is 5.73 Å². The van der Waals surface area contributed by atoms with Gasteiger partial charge in [-0.1, -0.05) is 30.3 Å². The highest BCUT2D eigenvalue weighted by molar-refractivity contribution is 6.00. The lowest BCUT2D eigenvalue weighted by atomic mass is 9.85. The van der Waals surface area contributed by atoms with Crippen LogP contribution in [-0.4, -0.2) is 36.3 Å². The van der Waals surface area contributed by atoms with Crippen LogP contribution in [0.3, 0.4) is 0 Å². The maximum Gasteiger partial charge on any atom is 0.268 e. The second-order valence-corrected chi connectivity index (χ2v) is 10.1. The number of aliphatic hydroxyl groups excluding tert-OH is 1. The summed E-state index contributed by atoms with van der Waals surface area (Å²) in [5.74, 6) is -1.12. The van der Waals surface area contributed by atoms with Gasteiger partial charge in [0, 0.05) is 40.2 Å². The van der Waals surface area contributed by atoms with Crippen molar-refractivity contribution in [3.05, 3.63) is 101 Å². The molecule has 0 unspecified atom stereocenters. The number of amides is 1. The quantitative estimate of drug-likeness (QED) is 0.308. The molecule has 6 rings (SSSR count). The van der Waals surface area contributed by atoms with E-state index in [0.717, 1.165) is 18.5 Å². The summed E-state index contributed by atoms with van der Waals surface area (Å²) in [4.78, 5) is 29.8. The molecule has 202 valence electrons. The Balaban J connectivity index is 1.45. The van der Waals surface area contributed by atoms with Crippen molar-refractivity contribution in [3.8, 4) is 27.9 Å². The number of rotatable bonds is 5. The molecule has 0 bridgehead atoms. The van der Waals surface area contributed by atoms with Gasteiger partial charge in [0.15, 0.2) is 5.82 Å². The predicted molar refractivity (Wildman–Crippen MR) is 150 cm³/mol. The first-order chi connectivity index (χ1) is 19.3. The largest absolute Gasteiger partial charge is 0.393 e. The number of hydrogen-bond acceptors (Lipinski definition) is 6. The van der Waals surface area contributed by atoms with Crippen molar-refractivity contribution < 1.29 is 14.3 Å². The zero-order valence-corrected chi connectivity index (χ0v) is 21.5. The van der Waals surface area contributed by atoms with Gasteiger partial charge in [-0.25, -0.2) is 13.9 Å². The molecule has 10 heteroatoms. The van der Waals surface area contributed by atoms with Gasteiger partial charge in [0.2, 0.25) is 0 Å². The number of primary amides is 1. The Bertz CT molecular complexity index is 1810. The van der Waals surface area contributed by atoms with E-state index in [1.54, 1.807) is 47.0 Å². The number of aliphatic hydroxyl groups is 1. The molecule has 2 aromatic carbocycles. The maximum atomic E-state index is 15.8. The Morgan fingerprint density at radius 3 is 2.42 bits per heavy atom. The Kier molecular flexibility index (Phi) is 6.39. The lowest BCUT2D eigenvalue weighted by Gasteiger charge is -2.24. The van der Waals surface area contributed by atoms with E-state index >= 15 is 4.39 Å². The van der Waals surface area contributed by atoms with E-state index < -0.39 is 17.3 Å². The minimum Gasteiger partial charge on any atom is -0.393 e. The third-order valence-corrected chi connectivity index (χ3v) is 7.67. The summed E-state index contributed by atoms with van der Waals surface area (Å²) in [6.45, 7) is 0. The van der Waals surface area contributed by atoms with Crippen LogP contribution in [0.5, 0.6) is 0 Å². The van der Waals surface area contributed by atoms with Gasteiger partial charge in [0.05, 0.1) is 6.10 Å². The Morgan fingerprint density at radius 1 is 0.975 bits per heavy atom. The van der Waals surface area contributed by atoms with E-state index in [1.807, 2.05) is 12.1 Å². The molecule has 40 heavy (non-hydrogen) atoms. The number of para-hydroxylation sites is 1. The molecule has 5 aromatic rings. The smallest absolute Gasteiger partial charge is 0.268 e. The van der Waals surface area contributed by atoms with E-state index in [9.17, 15) is 14.7 Å². The number of aromatic nitrogens is 4. The van der Waals surface area contributed by atoms with Crippen molar-refractivity contribution in [1.82, 2.24) is 19.2 Å². The van der Waals surface area contributed by atoms with Crippen LogP contribution in [0.25, 0.3) is 33.5 Å². The molecule has 5 N–H and O–H groups in total. The summed E-state index contributed by atoms with van der Waals surface area (Å²) >= 11 is 0. The summed E-state index contributed by atoms with van der Waals surface area (Å²) in [5.41, 5.74) is 14.4. The average molecular weight is 539 g/mol. The van der Waals surface area contributed by atoms with E-state index in [4.69, 9.17) is 11.5 Å². The molecule has 9 nitrogen and oxygen atoms in total. The molecule has 0 aliphatic heterocycles. The third kappa shape index (κ3) is 4.32. The topological polar surface area (TPSA) is 142 Å². The van der Waals surface area contributed by atoms with Crippen LogP contribution in [0, 0.1) is 5.82 Å². The number of anilines is 1. The number of hydrogen-bond donors (Lipinski definition) is 3. The molecule has 0 atom stereocenters. The average Bonchev–Trinajstić information content (AvgIpc) is 3.34. The highest BCUT2D eigenvalue weighted by Gasteiger charge is 2.27. The number of nitrogens with zero attached hydrogens (tertiary/aromatic N) is 4. The highest BCUT2D eigenvalue weighted by atomic mass is 19.1. The fourth-order valence-corrected chi connectivity index (χ4v) is 5.67. The van der Waals surface area contributed by atoms with Crippen molar-refractivity contribution in [2.45, 2.75) is 37.7 Å². The normalized spacial score (nSPS) is 17.2. The predicted octanol–water partition coefficient (Wildman–Crippen LogP) is 4.05. The van der Waals surface area contributed by atoms with Crippen LogP contribution in [-0.2, 0) is 0 Å². The van der Waals surface area contributed by atoms with Crippen molar-refractivity contribution in [2.24, 2.45) is 5.73 Å². The zero-order valence-electron chi connectivity index (χ0n) is 21.5. The fraction of sp³-hybridized carbons (Fsp3) is 0.200. The third-order valence-electron chi connectivity index (χ3n) is 7.67. The summed E-state index contributed by atoms with van der Waals surface area (Å²) < 4.78 is 18.9. The van der Waals surface area contributed by atoms with Gasteiger partial charge in [-0.05, 0) is 61.6 Å². The van der Waals surface area contributed by atoms with E-state index in [1.165, 1.54) is 23.2 Å². The van der Waals surface area contributed by atoms with Crippen LogP contribution in [0.2, 0.25) is 0 Å². The molecule has 1 aliphatic rings. The van der Waals surface area contributed by atoms with E-state index in [2.05, 4.69) is 10.1 Å². The first kappa shape index (κ1) is 25.4. The number of benzene rings is 2. The molecular weight excluding hydrogens is 511 g/mol. The molecule has 1 saturated carbocycles. The second kappa shape index (κ2) is 10.0. The minimum atomic E-state index is -0.902. The minimum absolute atomic E-state index is 0.135. The van der Waals surface area contributed by atoms with Crippen LogP contribution < -0.4 is 17.0 Å². The number of nitrogens with two attached hydrogens (primary N) is 2. The SMILES string of the molecule is NC(=O)c1c(-c2ccc(-c3cc([C@H]4CC[C@H](O)CC4)n4ncnc(N)c34)c(F)c2)ccn(-c2ccccc2)c1=O. The molecule has 0 radical (unpaired) electrons. The lowest BCUT2D eigenvalue weighted by molar-refractivity contribution is 0.0999. The number of pyridine rings is 1. The van der Waals surface area contributed by atoms with Crippen LogP contribution in [0.1, 0.15) is 47.7 Å². The zero-order chi connectivity index (χ0) is 28.0. The first-order valence-electron chi connectivity index (χ1n) is 13.0. The van der Waals surface area contributed by atoms with Gasteiger partial charge >= 0.3 is 0 Å². The van der Waals surface area contributed by atoms with Crippen LogP contribution >= 0.6 is 0 Å². The molecule has 1 amide bonds. The first-order valence-corrected chi connectivity index (χ1v) is 13.0. The molecule has 0 spiro atoms. The van der Waals surface area contributed by atoms with Crippen molar-refractivity contribution in [3.63, 3.8) is 0 Å². The fourth-order valence-electron chi connectivity index (χ4n) is 5.67. The maximum absolute atomic E-state index is 15.8. The number of nitrogen functional groups attached to an aromatic ring is 1. The van der Waals surface area contributed by atoms with Crippen LogP contribution in [0.15, 0.2) is 78.0 Å². The Hall–Kier alpha value is -4.83. The Labute approximate surface area is 228 Å². The number of fused-ring (bicyclic) bond motifs is 1. The summed E-state index contributed by atoms with van der Waals surface area (Å²) in [7, 11) is 0. The van der Waals surface area contributed by atoms with Gasteiger partial charge in [-0.2, -0.15) is 5.10 Å². The number of carbonyl (C=O) groups is 1. The summed E-state index contributed by atoms with van der Waals surface area (Å²) in [6.07, 6.45) is 5.52. The molecule has 0 saturated heterocycles. The lowest BCUT2D eigenvalue weighted by Crippen LogP contribution is -2.29. The van der Waals surface area contributed by atoms with Crippen molar-refractivity contribution >= 4 is 17.2 Å². The van der Waals surface area contributed by atoms with Crippen LogP contribution in [0.4, 0.5) is 10.2 Å². The molecule has 1 fully saturated rings. The van der Waals surface area contributed by atoms with E-state index in [-0.39, 0.29) is 34.5 Å². The van der Waals surface area contributed by atoms with Crippen molar-refractivity contribution in [1.29, 1.82) is 0 Å². The second-order valence-electron chi connectivity index (χ2n) is 10.1. The van der Waals surface area contributed by atoms with Gasteiger partial charge < -0.3 is 16.6 Å². The van der Waals surface area contributed by atoms with Gasteiger partial charge in [-0.3, -0.25) is 14.2 Å². The molecule has 3 aromatic heterocycles. The monoisotopic (exact) mass is 538 g/mol. The van der Waals surface area contributed by atoms with E-state index in [0.29, 0.717) is 35.2 Å². The number of halogens is 1. The molecule has 1 aliphatic carbocycles. The standard InChI is InChI=1S/C30H27FN6O3/c31-24-14-18(21-12-13-36(19-4-2-1-3-5-19)30(40)26(21)29(33)39)8-11-22(24)23-15-25(17-6-9-20(38)10-7-17)37-27(23)28(32)34-16-35-37/h1-5,8,11-17,20,38H,6-7,9-10H2,(H2,33,39)(H2,32,34,35)/t17-,20-. The molecule has 3 heterocycles. The van der Waals surface area contributed by atoms with Gasteiger partial charge in [-0.15, -0.1) is 0 Å². The van der Waals surface area contributed by atoms with Gasteiger partial charge in [0.1, 0.15) is 23.2 Å². The number of carbonyl (C=O) groups excluding carboxylic acids is 1. The highest BCUT2D eigenvalue weighted by Crippen LogP contribution is 2.40. The molecular formula is C30H27FN6O3. The summed E-state index contributed by atoms with van der Waals surface area (Å²) in [6, 6.07) is 16.8.